The van der Waals surface area contributed by atoms with Gasteiger partial charge in [0.15, 0.2) is 0 Å². The Labute approximate surface area is 172 Å². The van der Waals surface area contributed by atoms with Crippen LogP contribution in [0.3, 0.4) is 0 Å². The SMILES string of the molecule is COc1ccc(CC(=O)O)cc1-c1ccc(C(F)(F)F)cc1CN(C(C)=O)C1CC1. The molecule has 0 aliphatic heterocycles. The summed E-state index contributed by atoms with van der Waals surface area (Å²) in [5.41, 5.74) is 0.979. The van der Waals surface area contributed by atoms with Crippen LogP contribution in [-0.4, -0.2) is 35.0 Å². The number of hydrogen-bond donors (Lipinski definition) is 1. The average molecular weight is 421 g/mol. The summed E-state index contributed by atoms with van der Waals surface area (Å²) in [6.45, 7) is 1.44. The number of rotatable bonds is 7. The Morgan fingerprint density at radius 2 is 1.83 bits per heavy atom. The van der Waals surface area contributed by atoms with Crippen molar-refractivity contribution in [3.05, 3.63) is 53.1 Å². The third kappa shape index (κ3) is 4.93. The van der Waals surface area contributed by atoms with Crippen molar-refractivity contribution in [2.45, 2.75) is 44.9 Å². The lowest BCUT2D eigenvalue weighted by molar-refractivity contribution is -0.138. The maximum atomic E-state index is 13.4. The van der Waals surface area contributed by atoms with Crippen molar-refractivity contribution < 1.29 is 32.6 Å². The Morgan fingerprint density at radius 3 is 2.37 bits per heavy atom. The molecule has 8 heteroatoms. The number of carboxylic acids is 1. The van der Waals surface area contributed by atoms with Crippen LogP contribution in [0, 0.1) is 0 Å². The highest BCUT2D eigenvalue weighted by molar-refractivity contribution is 5.78. The van der Waals surface area contributed by atoms with E-state index in [4.69, 9.17) is 9.84 Å². The number of amides is 1. The molecule has 2 aromatic rings. The first-order valence-corrected chi connectivity index (χ1v) is 9.46. The molecule has 5 nitrogen and oxygen atoms in total. The Morgan fingerprint density at radius 1 is 1.13 bits per heavy atom. The second-order valence-electron chi connectivity index (χ2n) is 7.35. The quantitative estimate of drug-likeness (QED) is 0.714. The predicted octanol–water partition coefficient (Wildman–Crippen LogP) is 4.52. The minimum absolute atomic E-state index is 0.0325. The molecule has 1 aliphatic rings. The first-order chi connectivity index (χ1) is 14.1. The molecule has 2 aromatic carbocycles. The predicted molar refractivity (Wildman–Crippen MR) is 104 cm³/mol. The summed E-state index contributed by atoms with van der Waals surface area (Å²) >= 11 is 0. The van der Waals surface area contributed by atoms with Gasteiger partial charge in [0.2, 0.25) is 5.91 Å². The molecule has 0 unspecified atom stereocenters. The lowest BCUT2D eigenvalue weighted by Crippen LogP contribution is -2.30. The summed E-state index contributed by atoms with van der Waals surface area (Å²) in [7, 11) is 1.44. The largest absolute Gasteiger partial charge is 0.496 e. The summed E-state index contributed by atoms with van der Waals surface area (Å²) in [5.74, 6) is -0.811. The first-order valence-electron chi connectivity index (χ1n) is 9.46. The summed E-state index contributed by atoms with van der Waals surface area (Å²) in [5, 5.41) is 9.08. The van der Waals surface area contributed by atoms with Gasteiger partial charge < -0.3 is 14.7 Å². The average Bonchev–Trinajstić information content (AvgIpc) is 3.49. The monoisotopic (exact) mass is 421 g/mol. The van der Waals surface area contributed by atoms with Gasteiger partial charge in [0.25, 0.3) is 0 Å². The normalized spacial score (nSPS) is 13.8. The zero-order valence-corrected chi connectivity index (χ0v) is 16.6. The van der Waals surface area contributed by atoms with Crippen LogP contribution in [0.15, 0.2) is 36.4 Å². The Kier molecular flexibility index (Phi) is 6.05. The van der Waals surface area contributed by atoms with E-state index in [1.54, 1.807) is 23.1 Å². The minimum Gasteiger partial charge on any atom is -0.496 e. The van der Waals surface area contributed by atoms with Crippen LogP contribution >= 0.6 is 0 Å². The summed E-state index contributed by atoms with van der Waals surface area (Å²) in [4.78, 5) is 24.7. The second-order valence-corrected chi connectivity index (χ2v) is 7.35. The van der Waals surface area contributed by atoms with Gasteiger partial charge in [-0.15, -0.1) is 0 Å². The molecule has 0 heterocycles. The molecule has 1 aliphatic carbocycles. The van der Waals surface area contributed by atoms with Gasteiger partial charge in [-0.1, -0.05) is 12.1 Å². The van der Waals surface area contributed by atoms with Crippen LogP contribution < -0.4 is 4.74 Å². The number of methoxy groups -OCH3 is 1. The van der Waals surface area contributed by atoms with Crippen molar-refractivity contribution in [3.8, 4) is 16.9 Å². The van der Waals surface area contributed by atoms with Gasteiger partial charge >= 0.3 is 12.1 Å². The molecule has 0 spiro atoms. The molecule has 0 bridgehead atoms. The van der Waals surface area contributed by atoms with Gasteiger partial charge in [0, 0.05) is 25.1 Å². The molecule has 160 valence electrons. The number of carbonyl (C=O) groups is 2. The zero-order valence-electron chi connectivity index (χ0n) is 16.6. The number of ether oxygens (including phenoxy) is 1. The van der Waals surface area contributed by atoms with Crippen LogP contribution in [-0.2, 0) is 28.7 Å². The van der Waals surface area contributed by atoms with Gasteiger partial charge in [-0.3, -0.25) is 9.59 Å². The third-order valence-electron chi connectivity index (χ3n) is 5.07. The van der Waals surface area contributed by atoms with Crippen molar-refractivity contribution >= 4 is 11.9 Å². The van der Waals surface area contributed by atoms with Crippen LogP contribution in [0.5, 0.6) is 5.75 Å². The number of carboxylic acid groups (broad SMARTS) is 1. The number of nitrogens with zero attached hydrogens (tertiary/aromatic N) is 1. The fourth-order valence-corrected chi connectivity index (χ4v) is 3.48. The summed E-state index contributed by atoms with van der Waals surface area (Å²) < 4.78 is 45.4. The van der Waals surface area contributed by atoms with E-state index >= 15 is 0 Å². The summed E-state index contributed by atoms with van der Waals surface area (Å²) in [6, 6.07) is 8.23. The summed E-state index contributed by atoms with van der Waals surface area (Å²) in [6.07, 6.45) is -3.10. The van der Waals surface area contributed by atoms with E-state index in [1.807, 2.05) is 0 Å². The molecule has 0 radical (unpaired) electrons. The van der Waals surface area contributed by atoms with Crippen molar-refractivity contribution in [1.82, 2.24) is 4.90 Å². The molecular formula is C22H22F3NO4. The molecule has 0 atom stereocenters. The second kappa shape index (κ2) is 8.38. The van der Waals surface area contributed by atoms with Crippen molar-refractivity contribution in [1.29, 1.82) is 0 Å². The molecule has 1 N–H and O–H groups in total. The van der Waals surface area contributed by atoms with Crippen molar-refractivity contribution in [2.24, 2.45) is 0 Å². The maximum Gasteiger partial charge on any atom is 0.416 e. The van der Waals surface area contributed by atoms with E-state index in [0.717, 1.165) is 25.0 Å². The highest BCUT2D eigenvalue weighted by Crippen LogP contribution is 2.39. The molecule has 0 saturated heterocycles. The van der Waals surface area contributed by atoms with Crippen LogP contribution in [0.2, 0.25) is 0 Å². The Hall–Kier alpha value is -3.03. The third-order valence-corrected chi connectivity index (χ3v) is 5.07. The van der Waals surface area contributed by atoms with Gasteiger partial charge in [-0.25, -0.2) is 0 Å². The highest BCUT2D eigenvalue weighted by atomic mass is 19.4. The fourth-order valence-electron chi connectivity index (χ4n) is 3.48. The van der Waals surface area contributed by atoms with Crippen LogP contribution in [0.1, 0.15) is 36.5 Å². The van der Waals surface area contributed by atoms with E-state index in [0.29, 0.717) is 28.0 Å². The van der Waals surface area contributed by atoms with E-state index < -0.39 is 17.7 Å². The molecule has 30 heavy (non-hydrogen) atoms. The number of alkyl halides is 3. The van der Waals surface area contributed by atoms with Gasteiger partial charge in [-0.05, 0) is 53.8 Å². The smallest absolute Gasteiger partial charge is 0.416 e. The molecule has 0 aromatic heterocycles. The molecule has 3 rings (SSSR count). The zero-order chi connectivity index (χ0) is 22.1. The lowest BCUT2D eigenvalue weighted by atomic mass is 9.94. The van der Waals surface area contributed by atoms with Gasteiger partial charge in [-0.2, -0.15) is 13.2 Å². The number of benzene rings is 2. The van der Waals surface area contributed by atoms with Crippen molar-refractivity contribution in [2.75, 3.05) is 7.11 Å². The minimum atomic E-state index is -4.52. The molecule has 1 amide bonds. The van der Waals surface area contributed by atoms with Gasteiger partial charge in [0.05, 0.1) is 19.1 Å². The van der Waals surface area contributed by atoms with E-state index in [2.05, 4.69) is 0 Å². The fraction of sp³-hybridized carbons (Fsp3) is 0.364. The number of halogens is 3. The van der Waals surface area contributed by atoms with Gasteiger partial charge in [0.1, 0.15) is 5.75 Å². The highest BCUT2D eigenvalue weighted by Gasteiger charge is 2.34. The van der Waals surface area contributed by atoms with Crippen LogP contribution in [0.4, 0.5) is 13.2 Å². The van der Waals surface area contributed by atoms with Crippen molar-refractivity contribution in [3.63, 3.8) is 0 Å². The lowest BCUT2D eigenvalue weighted by Gasteiger charge is -2.24. The molecule has 1 saturated carbocycles. The topological polar surface area (TPSA) is 66.8 Å². The van der Waals surface area contributed by atoms with E-state index in [1.165, 1.54) is 20.1 Å². The Balaban J connectivity index is 2.13. The van der Waals surface area contributed by atoms with Crippen LogP contribution in [0.25, 0.3) is 11.1 Å². The molecule has 1 fully saturated rings. The Bertz CT molecular complexity index is 967. The van der Waals surface area contributed by atoms with E-state index in [9.17, 15) is 22.8 Å². The number of aliphatic carboxylic acids is 1. The first kappa shape index (κ1) is 21.7. The number of hydrogen-bond acceptors (Lipinski definition) is 3. The maximum absolute atomic E-state index is 13.4. The molecular weight excluding hydrogens is 399 g/mol. The van der Waals surface area contributed by atoms with E-state index in [-0.39, 0.29) is 24.9 Å². The number of carbonyl (C=O) groups excluding carboxylic acids is 1. The standard InChI is InChI=1S/C22H22F3NO4/c1-13(27)26(17-5-6-17)12-15-11-16(22(23,24)25)4-7-18(15)19-9-14(10-21(28)29)3-8-20(19)30-2/h3-4,7-9,11,17H,5-6,10,12H2,1-2H3,(H,28,29).